The zero-order chi connectivity index (χ0) is 14.9. The first kappa shape index (κ1) is 14.6. The molecule has 0 radical (unpaired) electrons. The van der Waals surface area contributed by atoms with E-state index in [9.17, 15) is 14.7 Å². The first-order chi connectivity index (χ1) is 9.40. The molecule has 0 aliphatic heterocycles. The fraction of sp³-hybridized carbons (Fsp3) is 0.500. The number of aryl methyl sites for hydroxylation is 2. The summed E-state index contributed by atoms with van der Waals surface area (Å²) in [7, 11) is 0. The first-order valence-corrected chi connectivity index (χ1v) is 7.00. The molecule has 1 aromatic rings. The summed E-state index contributed by atoms with van der Waals surface area (Å²) in [6, 6.07) is 4.51. The summed E-state index contributed by atoms with van der Waals surface area (Å²) >= 11 is 0. The molecule has 2 rings (SSSR count). The number of carbonyl (C=O) groups is 2. The van der Waals surface area contributed by atoms with Gasteiger partial charge in [0.25, 0.3) is 0 Å². The molecule has 1 saturated carbocycles. The van der Waals surface area contributed by atoms with E-state index in [2.05, 4.69) is 5.32 Å². The van der Waals surface area contributed by atoms with Crippen LogP contribution in [0.4, 0.5) is 0 Å². The third-order valence-electron chi connectivity index (χ3n) is 4.14. The van der Waals surface area contributed by atoms with E-state index in [1.54, 1.807) is 6.07 Å². The van der Waals surface area contributed by atoms with Gasteiger partial charge in [0.15, 0.2) is 6.04 Å². The van der Waals surface area contributed by atoms with Crippen LogP contribution in [0.25, 0.3) is 0 Å². The molecule has 20 heavy (non-hydrogen) atoms. The Hall–Kier alpha value is -1.84. The van der Waals surface area contributed by atoms with Gasteiger partial charge in [-0.2, -0.15) is 0 Å². The van der Waals surface area contributed by atoms with Gasteiger partial charge in [0, 0.05) is 5.92 Å². The van der Waals surface area contributed by atoms with Crippen LogP contribution >= 0.6 is 0 Å². The molecule has 0 aromatic heterocycles. The van der Waals surface area contributed by atoms with Crippen LogP contribution in [-0.2, 0) is 9.59 Å². The van der Waals surface area contributed by atoms with Crippen LogP contribution in [0.15, 0.2) is 18.2 Å². The Labute approximate surface area is 119 Å². The van der Waals surface area contributed by atoms with E-state index in [0.29, 0.717) is 11.5 Å². The van der Waals surface area contributed by atoms with E-state index >= 15 is 0 Å². The maximum atomic E-state index is 12.1. The quantitative estimate of drug-likeness (QED) is 0.868. The van der Waals surface area contributed by atoms with Crippen molar-refractivity contribution >= 4 is 11.9 Å². The SMILES string of the molecule is Cc1ccc(C(NC(=O)C(C)C2CC2)C(=O)O)cc1C. The van der Waals surface area contributed by atoms with Gasteiger partial charge in [-0.05, 0) is 49.3 Å². The van der Waals surface area contributed by atoms with Crippen molar-refractivity contribution in [2.75, 3.05) is 0 Å². The second-order valence-electron chi connectivity index (χ2n) is 5.75. The minimum absolute atomic E-state index is 0.108. The van der Waals surface area contributed by atoms with Crippen molar-refractivity contribution in [3.05, 3.63) is 34.9 Å². The van der Waals surface area contributed by atoms with Crippen molar-refractivity contribution in [1.29, 1.82) is 0 Å². The summed E-state index contributed by atoms with van der Waals surface area (Å²) in [6.45, 7) is 5.78. The van der Waals surface area contributed by atoms with Gasteiger partial charge in [0.1, 0.15) is 0 Å². The summed E-state index contributed by atoms with van der Waals surface area (Å²) < 4.78 is 0. The van der Waals surface area contributed by atoms with Gasteiger partial charge in [-0.1, -0.05) is 25.1 Å². The van der Waals surface area contributed by atoms with Gasteiger partial charge in [-0.25, -0.2) is 4.79 Å². The number of carboxylic acid groups (broad SMARTS) is 1. The number of hydrogen-bond acceptors (Lipinski definition) is 2. The van der Waals surface area contributed by atoms with Crippen LogP contribution in [-0.4, -0.2) is 17.0 Å². The number of rotatable bonds is 5. The van der Waals surface area contributed by atoms with Crippen molar-refractivity contribution in [3.8, 4) is 0 Å². The Kier molecular flexibility index (Phi) is 4.12. The first-order valence-electron chi connectivity index (χ1n) is 7.00. The molecule has 2 atom stereocenters. The van der Waals surface area contributed by atoms with Gasteiger partial charge in [-0.15, -0.1) is 0 Å². The largest absolute Gasteiger partial charge is 0.479 e. The highest BCUT2D eigenvalue weighted by atomic mass is 16.4. The summed E-state index contributed by atoms with van der Waals surface area (Å²) in [5.74, 6) is -0.879. The second kappa shape index (κ2) is 5.65. The number of carboxylic acids is 1. The summed E-state index contributed by atoms with van der Waals surface area (Å²) in [4.78, 5) is 23.5. The predicted molar refractivity (Wildman–Crippen MR) is 76.3 cm³/mol. The highest BCUT2D eigenvalue weighted by molar-refractivity contribution is 5.86. The molecule has 1 aromatic carbocycles. The van der Waals surface area contributed by atoms with Gasteiger partial charge < -0.3 is 10.4 Å². The van der Waals surface area contributed by atoms with Crippen molar-refractivity contribution in [1.82, 2.24) is 5.32 Å². The van der Waals surface area contributed by atoms with Crippen molar-refractivity contribution in [3.63, 3.8) is 0 Å². The van der Waals surface area contributed by atoms with E-state index in [1.165, 1.54) is 0 Å². The Balaban J connectivity index is 2.15. The molecule has 0 heterocycles. The number of benzene rings is 1. The van der Waals surface area contributed by atoms with Crippen LogP contribution < -0.4 is 5.32 Å². The van der Waals surface area contributed by atoms with Crippen LogP contribution in [0.3, 0.4) is 0 Å². The zero-order valence-electron chi connectivity index (χ0n) is 12.1. The van der Waals surface area contributed by atoms with Crippen LogP contribution in [0.5, 0.6) is 0 Å². The minimum atomic E-state index is -1.02. The maximum absolute atomic E-state index is 12.1. The molecule has 4 heteroatoms. The smallest absolute Gasteiger partial charge is 0.330 e. The Morgan fingerprint density at radius 3 is 2.40 bits per heavy atom. The van der Waals surface area contributed by atoms with E-state index in [0.717, 1.165) is 24.0 Å². The average molecular weight is 275 g/mol. The van der Waals surface area contributed by atoms with Gasteiger partial charge in [-0.3, -0.25) is 4.79 Å². The van der Waals surface area contributed by atoms with E-state index < -0.39 is 12.0 Å². The fourth-order valence-electron chi connectivity index (χ4n) is 2.32. The standard InChI is InChI=1S/C16H21NO3/c1-9-4-5-13(8-10(9)2)14(16(19)20)17-15(18)11(3)12-6-7-12/h4-5,8,11-12,14H,6-7H2,1-3H3,(H,17,18)(H,19,20). The Morgan fingerprint density at radius 2 is 1.90 bits per heavy atom. The van der Waals surface area contributed by atoms with Gasteiger partial charge >= 0.3 is 5.97 Å². The molecule has 2 unspecified atom stereocenters. The van der Waals surface area contributed by atoms with Gasteiger partial charge in [0.2, 0.25) is 5.91 Å². The molecule has 108 valence electrons. The topological polar surface area (TPSA) is 66.4 Å². The molecule has 2 N–H and O–H groups in total. The number of hydrogen-bond donors (Lipinski definition) is 2. The van der Waals surface area contributed by atoms with Gasteiger partial charge in [0.05, 0.1) is 0 Å². The number of nitrogens with one attached hydrogen (secondary N) is 1. The fourth-order valence-corrected chi connectivity index (χ4v) is 2.32. The zero-order valence-corrected chi connectivity index (χ0v) is 12.1. The lowest BCUT2D eigenvalue weighted by molar-refractivity contribution is -0.142. The number of amides is 1. The van der Waals surface area contributed by atoms with E-state index in [1.807, 2.05) is 32.9 Å². The van der Waals surface area contributed by atoms with Crippen LogP contribution in [0.1, 0.15) is 42.5 Å². The Morgan fingerprint density at radius 1 is 1.25 bits per heavy atom. The number of aliphatic carboxylic acids is 1. The van der Waals surface area contributed by atoms with Crippen molar-refractivity contribution in [2.24, 2.45) is 11.8 Å². The predicted octanol–water partition coefficient (Wildman–Crippen LogP) is 2.59. The molecule has 0 saturated heterocycles. The lowest BCUT2D eigenvalue weighted by Gasteiger charge is -2.18. The average Bonchev–Trinajstić information content (AvgIpc) is 3.22. The molecule has 1 aliphatic rings. The summed E-state index contributed by atoms with van der Waals surface area (Å²) in [6.07, 6.45) is 2.13. The van der Waals surface area contributed by atoms with Crippen molar-refractivity contribution < 1.29 is 14.7 Å². The molecule has 1 amide bonds. The summed E-state index contributed by atoms with van der Waals surface area (Å²) in [5.41, 5.74) is 2.76. The monoisotopic (exact) mass is 275 g/mol. The highest BCUT2D eigenvalue weighted by Crippen LogP contribution is 2.36. The maximum Gasteiger partial charge on any atom is 0.330 e. The lowest BCUT2D eigenvalue weighted by Crippen LogP contribution is -2.37. The molecule has 1 fully saturated rings. The normalized spacial score (nSPS) is 17.4. The minimum Gasteiger partial charge on any atom is -0.479 e. The molecule has 4 nitrogen and oxygen atoms in total. The second-order valence-corrected chi connectivity index (χ2v) is 5.75. The van der Waals surface area contributed by atoms with Crippen molar-refractivity contribution in [2.45, 2.75) is 39.7 Å². The summed E-state index contributed by atoms with van der Waals surface area (Å²) in [5, 5.41) is 12.0. The van der Waals surface area contributed by atoms with E-state index in [-0.39, 0.29) is 11.8 Å². The molecule has 0 bridgehead atoms. The Bertz CT molecular complexity index is 535. The molecule has 0 spiro atoms. The molecular weight excluding hydrogens is 254 g/mol. The van der Waals surface area contributed by atoms with E-state index in [4.69, 9.17) is 0 Å². The third kappa shape index (κ3) is 3.18. The molecule has 1 aliphatic carbocycles. The van der Waals surface area contributed by atoms with Crippen LogP contribution in [0.2, 0.25) is 0 Å². The number of carbonyl (C=O) groups excluding carboxylic acids is 1. The highest BCUT2D eigenvalue weighted by Gasteiger charge is 2.34. The lowest BCUT2D eigenvalue weighted by atomic mass is 9.99. The third-order valence-corrected chi connectivity index (χ3v) is 4.14. The van der Waals surface area contributed by atoms with Crippen LogP contribution in [0, 0.1) is 25.7 Å². The molecular formula is C16H21NO3.